The molecular weight excluding hydrogens is 282 g/mol. The summed E-state index contributed by atoms with van der Waals surface area (Å²) in [6.45, 7) is 6.20. The van der Waals surface area contributed by atoms with Crippen LogP contribution in [0.4, 0.5) is 17.1 Å². The molecule has 0 atom stereocenters. The van der Waals surface area contributed by atoms with E-state index in [0.717, 1.165) is 5.56 Å². The van der Waals surface area contributed by atoms with Gasteiger partial charge in [-0.05, 0) is 35.2 Å². The molecule has 6 heteroatoms. The molecule has 0 bridgehead atoms. The molecule has 6 nitrogen and oxygen atoms in total. The first-order valence-corrected chi connectivity index (χ1v) is 6.77. The van der Waals surface area contributed by atoms with Gasteiger partial charge in [0.2, 0.25) is 0 Å². The lowest BCUT2D eigenvalue weighted by molar-refractivity contribution is -0.384. The Hall–Kier alpha value is -2.76. The molecule has 0 radical (unpaired) electrons. The maximum absolute atomic E-state index is 10.6. The number of nitro groups is 1. The van der Waals surface area contributed by atoms with E-state index in [2.05, 4.69) is 31.0 Å². The zero-order valence-electron chi connectivity index (χ0n) is 12.6. The Labute approximate surface area is 128 Å². The number of nitro benzene ring substituents is 1. The van der Waals surface area contributed by atoms with Crippen LogP contribution in [0.2, 0.25) is 0 Å². The molecule has 0 saturated carbocycles. The number of rotatable bonds is 3. The van der Waals surface area contributed by atoms with E-state index in [1.807, 2.05) is 6.07 Å². The molecule has 22 heavy (non-hydrogen) atoms. The monoisotopic (exact) mass is 299 g/mol. The first-order valence-electron chi connectivity index (χ1n) is 6.77. The Morgan fingerprint density at radius 1 is 1.05 bits per heavy atom. The summed E-state index contributed by atoms with van der Waals surface area (Å²) in [5.41, 5.74) is 1.81. The van der Waals surface area contributed by atoms with Gasteiger partial charge >= 0.3 is 0 Å². The number of nitrogens with zero attached hydrogens (tertiary/aromatic N) is 3. The number of non-ortho nitro benzene ring substituents is 1. The van der Waals surface area contributed by atoms with Crippen molar-refractivity contribution in [3.05, 3.63) is 58.1 Å². The standard InChI is InChI=1S/C16H17N3O3/c1-16(2,3)11-4-9-15(20)14(10-11)18-17-12-5-7-13(8-6-12)19(21)22/h4-10,20H,1-3H3. The average Bonchev–Trinajstić information content (AvgIpc) is 2.45. The first-order chi connectivity index (χ1) is 10.3. The second-order valence-electron chi connectivity index (χ2n) is 5.93. The fraction of sp³-hybridized carbons (Fsp3) is 0.250. The van der Waals surface area contributed by atoms with E-state index in [1.165, 1.54) is 24.3 Å². The molecule has 2 aromatic carbocycles. The van der Waals surface area contributed by atoms with Crippen molar-refractivity contribution in [2.75, 3.05) is 0 Å². The van der Waals surface area contributed by atoms with Crippen LogP contribution in [0, 0.1) is 10.1 Å². The Kier molecular flexibility index (Phi) is 4.21. The SMILES string of the molecule is CC(C)(C)c1ccc(O)c(N=Nc2ccc([N+](=O)[O-])cc2)c1. The summed E-state index contributed by atoms with van der Waals surface area (Å²) in [5.74, 6) is 0.0404. The van der Waals surface area contributed by atoms with Crippen molar-refractivity contribution in [3.8, 4) is 5.75 Å². The Bertz CT molecular complexity index is 716. The summed E-state index contributed by atoms with van der Waals surface area (Å²) in [4.78, 5) is 10.1. The van der Waals surface area contributed by atoms with Gasteiger partial charge < -0.3 is 5.11 Å². The zero-order chi connectivity index (χ0) is 16.3. The van der Waals surface area contributed by atoms with Gasteiger partial charge in [0.25, 0.3) is 5.69 Å². The number of hydrogen-bond donors (Lipinski definition) is 1. The molecule has 0 amide bonds. The lowest BCUT2D eigenvalue weighted by Gasteiger charge is -2.19. The Balaban J connectivity index is 2.27. The Morgan fingerprint density at radius 3 is 2.23 bits per heavy atom. The highest BCUT2D eigenvalue weighted by Crippen LogP contribution is 2.33. The first kappa shape index (κ1) is 15.6. The van der Waals surface area contributed by atoms with E-state index in [0.29, 0.717) is 11.4 Å². The van der Waals surface area contributed by atoms with Gasteiger partial charge in [-0.25, -0.2) is 0 Å². The zero-order valence-corrected chi connectivity index (χ0v) is 12.6. The molecule has 0 unspecified atom stereocenters. The minimum atomic E-state index is -0.473. The average molecular weight is 299 g/mol. The Morgan fingerprint density at radius 2 is 1.68 bits per heavy atom. The van der Waals surface area contributed by atoms with Crippen LogP contribution in [0.1, 0.15) is 26.3 Å². The summed E-state index contributed by atoms with van der Waals surface area (Å²) in [5, 5.41) is 28.5. The molecule has 0 aliphatic rings. The smallest absolute Gasteiger partial charge is 0.269 e. The number of azo groups is 1. The van der Waals surface area contributed by atoms with Crippen LogP contribution in [0.5, 0.6) is 5.75 Å². The normalized spacial score (nSPS) is 11.8. The van der Waals surface area contributed by atoms with Gasteiger partial charge in [0.15, 0.2) is 0 Å². The van der Waals surface area contributed by atoms with E-state index in [4.69, 9.17) is 0 Å². The molecule has 114 valence electrons. The summed E-state index contributed by atoms with van der Waals surface area (Å²) < 4.78 is 0. The number of phenolic OH excluding ortho intramolecular Hbond substituents is 1. The third-order valence-corrected chi connectivity index (χ3v) is 3.18. The number of benzene rings is 2. The topological polar surface area (TPSA) is 88.1 Å². The van der Waals surface area contributed by atoms with E-state index in [9.17, 15) is 15.2 Å². The van der Waals surface area contributed by atoms with Gasteiger partial charge in [0.1, 0.15) is 11.4 Å². The van der Waals surface area contributed by atoms with Crippen molar-refractivity contribution in [1.82, 2.24) is 0 Å². The minimum Gasteiger partial charge on any atom is -0.506 e. The van der Waals surface area contributed by atoms with Crippen LogP contribution < -0.4 is 0 Å². The molecule has 0 heterocycles. The summed E-state index contributed by atoms with van der Waals surface area (Å²) in [6.07, 6.45) is 0. The highest BCUT2D eigenvalue weighted by atomic mass is 16.6. The largest absolute Gasteiger partial charge is 0.506 e. The number of phenols is 1. The lowest BCUT2D eigenvalue weighted by atomic mass is 9.87. The van der Waals surface area contributed by atoms with Crippen molar-refractivity contribution in [1.29, 1.82) is 0 Å². The maximum atomic E-state index is 10.6. The van der Waals surface area contributed by atoms with Gasteiger partial charge in [0, 0.05) is 12.1 Å². The highest BCUT2D eigenvalue weighted by molar-refractivity contribution is 5.54. The van der Waals surface area contributed by atoms with Crippen LogP contribution in [-0.4, -0.2) is 10.0 Å². The maximum Gasteiger partial charge on any atom is 0.269 e. The third kappa shape index (κ3) is 3.66. The van der Waals surface area contributed by atoms with Crippen LogP contribution in [0.15, 0.2) is 52.7 Å². The van der Waals surface area contributed by atoms with Crippen LogP contribution >= 0.6 is 0 Å². The van der Waals surface area contributed by atoms with E-state index >= 15 is 0 Å². The van der Waals surface area contributed by atoms with E-state index < -0.39 is 4.92 Å². The highest BCUT2D eigenvalue weighted by Gasteiger charge is 2.15. The van der Waals surface area contributed by atoms with Gasteiger partial charge in [-0.15, -0.1) is 5.11 Å². The second-order valence-corrected chi connectivity index (χ2v) is 5.93. The van der Waals surface area contributed by atoms with Crippen molar-refractivity contribution >= 4 is 17.1 Å². The van der Waals surface area contributed by atoms with Crippen molar-refractivity contribution in [2.45, 2.75) is 26.2 Å². The van der Waals surface area contributed by atoms with Crippen LogP contribution in [0.3, 0.4) is 0 Å². The summed E-state index contributed by atoms with van der Waals surface area (Å²) >= 11 is 0. The number of hydrogen-bond acceptors (Lipinski definition) is 5. The van der Waals surface area contributed by atoms with E-state index in [-0.39, 0.29) is 16.9 Å². The predicted octanol–water partition coefficient (Wildman–Crippen LogP) is 5.01. The molecule has 0 aliphatic carbocycles. The molecule has 0 aliphatic heterocycles. The van der Waals surface area contributed by atoms with Crippen LogP contribution in [0.25, 0.3) is 0 Å². The fourth-order valence-electron chi connectivity index (χ4n) is 1.82. The second kappa shape index (κ2) is 5.93. The molecule has 0 aromatic heterocycles. The van der Waals surface area contributed by atoms with Gasteiger partial charge in [-0.1, -0.05) is 26.8 Å². The fourth-order valence-corrected chi connectivity index (χ4v) is 1.82. The minimum absolute atomic E-state index is 0.00322. The lowest BCUT2D eigenvalue weighted by Crippen LogP contribution is -2.10. The molecule has 2 rings (SSSR count). The molecule has 1 N–H and O–H groups in total. The van der Waals surface area contributed by atoms with Gasteiger partial charge in [0.05, 0.1) is 10.6 Å². The van der Waals surface area contributed by atoms with Gasteiger partial charge in [-0.3, -0.25) is 10.1 Å². The van der Waals surface area contributed by atoms with Crippen molar-refractivity contribution in [3.63, 3.8) is 0 Å². The van der Waals surface area contributed by atoms with Crippen molar-refractivity contribution < 1.29 is 10.0 Å². The molecule has 0 saturated heterocycles. The summed E-state index contributed by atoms with van der Waals surface area (Å²) in [6, 6.07) is 11.0. The molecular formula is C16H17N3O3. The summed E-state index contributed by atoms with van der Waals surface area (Å²) in [7, 11) is 0. The number of aromatic hydroxyl groups is 1. The van der Waals surface area contributed by atoms with Crippen molar-refractivity contribution in [2.24, 2.45) is 10.2 Å². The molecule has 0 fully saturated rings. The van der Waals surface area contributed by atoms with Crippen LogP contribution in [-0.2, 0) is 5.41 Å². The predicted molar refractivity (Wildman–Crippen MR) is 84.1 cm³/mol. The molecule has 0 spiro atoms. The van der Waals surface area contributed by atoms with E-state index in [1.54, 1.807) is 12.1 Å². The molecule has 2 aromatic rings. The van der Waals surface area contributed by atoms with Gasteiger partial charge in [-0.2, -0.15) is 5.11 Å². The quantitative estimate of drug-likeness (QED) is 0.490. The third-order valence-electron chi connectivity index (χ3n) is 3.18.